The molecular formula is C13H21ClN2O. The molecule has 0 radical (unpaired) electrons. The lowest BCUT2D eigenvalue weighted by Crippen LogP contribution is -2.39. The summed E-state index contributed by atoms with van der Waals surface area (Å²) in [5, 5.41) is 0.806. The van der Waals surface area contributed by atoms with Gasteiger partial charge in [-0.15, -0.1) is 0 Å². The number of rotatable bonds is 5. The highest BCUT2D eigenvalue weighted by Crippen LogP contribution is 2.25. The van der Waals surface area contributed by atoms with Crippen LogP contribution in [-0.2, 0) is 0 Å². The molecule has 0 aromatic heterocycles. The normalized spacial score (nSPS) is 12.9. The van der Waals surface area contributed by atoms with Crippen LogP contribution in [0.15, 0.2) is 12.1 Å². The van der Waals surface area contributed by atoms with E-state index in [9.17, 15) is 0 Å². The second-order valence-corrected chi connectivity index (χ2v) is 4.91. The van der Waals surface area contributed by atoms with Crippen LogP contribution in [0.4, 0.5) is 0 Å². The van der Waals surface area contributed by atoms with Crippen molar-refractivity contribution in [3.8, 4) is 5.75 Å². The molecule has 0 heterocycles. The Labute approximate surface area is 109 Å². The summed E-state index contributed by atoms with van der Waals surface area (Å²) in [5.74, 6) is 0.852. The molecule has 3 nitrogen and oxygen atoms in total. The van der Waals surface area contributed by atoms with Gasteiger partial charge in [0.25, 0.3) is 0 Å². The standard InChI is InChI=1S/C13H21ClN2O/c1-9-5-12(6-10(2)13(9)14)17-8-11(7-15)16(3)4/h5-6,11H,7-8,15H2,1-4H3. The Morgan fingerprint density at radius 1 is 1.29 bits per heavy atom. The molecule has 0 spiro atoms. The van der Waals surface area contributed by atoms with Crippen LogP contribution in [-0.4, -0.2) is 38.2 Å². The van der Waals surface area contributed by atoms with Crippen LogP contribution in [0.3, 0.4) is 0 Å². The Morgan fingerprint density at radius 3 is 2.24 bits per heavy atom. The van der Waals surface area contributed by atoms with Crippen LogP contribution in [0, 0.1) is 13.8 Å². The van der Waals surface area contributed by atoms with E-state index >= 15 is 0 Å². The molecule has 0 aliphatic carbocycles. The number of halogens is 1. The summed E-state index contributed by atoms with van der Waals surface area (Å²) in [4.78, 5) is 2.07. The van der Waals surface area contributed by atoms with Crippen LogP contribution in [0.25, 0.3) is 0 Å². The topological polar surface area (TPSA) is 38.5 Å². The van der Waals surface area contributed by atoms with Crippen molar-refractivity contribution in [3.05, 3.63) is 28.3 Å². The molecule has 96 valence electrons. The third kappa shape index (κ3) is 3.87. The number of hydrogen-bond acceptors (Lipinski definition) is 3. The van der Waals surface area contributed by atoms with Crippen molar-refractivity contribution in [2.45, 2.75) is 19.9 Å². The molecule has 17 heavy (non-hydrogen) atoms. The summed E-state index contributed by atoms with van der Waals surface area (Å²) in [7, 11) is 4.00. The number of nitrogens with two attached hydrogens (primary N) is 1. The van der Waals surface area contributed by atoms with Crippen LogP contribution in [0.2, 0.25) is 5.02 Å². The number of nitrogens with zero attached hydrogens (tertiary/aromatic N) is 1. The molecule has 0 saturated heterocycles. The number of ether oxygens (including phenoxy) is 1. The Bertz CT molecular complexity index is 357. The minimum atomic E-state index is 0.228. The third-order valence-electron chi connectivity index (χ3n) is 2.85. The fraction of sp³-hybridized carbons (Fsp3) is 0.538. The van der Waals surface area contributed by atoms with Gasteiger partial charge in [-0.1, -0.05) is 11.6 Å². The molecule has 0 aliphatic heterocycles. The molecule has 1 rings (SSSR count). The van der Waals surface area contributed by atoms with Gasteiger partial charge in [0.1, 0.15) is 12.4 Å². The van der Waals surface area contributed by atoms with Gasteiger partial charge in [0.15, 0.2) is 0 Å². The van der Waals surface area contributed by atoms with Crippen LogP contribution in [0.1, 0.15) is 11.1 Å². The summed E-state index contributed by atoms with van der Waals surface area (Å²) in [6, 6.07) is 4.14. The van der Waals surface area contributed by atoms with Crippen molar-refractivity contribution in [3.63, 3.8) is 0 Å². The summed E-state index contributed by atoms with van der Waals surface area (Å²) < 4.78 is 5.76. The third-order valence-corrected chi connectivity index (χ3v) is 3.45. The smallest absolute Gasteiger partial charge is 0.120 e. The van der Waals surface area contributed by atoms with Crippen LogP contribution < -0.4 is 10.5 Å². The molecular weight excluding hydrogens is 236 g/mol. The highest BCUT2D eigenvalue weighted by atomic mass is 35.5. The molecule has 0 fully saturated rings. The van der Waals surface area contributed by atoms with Crippen molar-refractivity contribution < 1.29 is 4.74 Å². The van der Waals surface area contributed by atoms with E-state index in [4.69, 9.17) is 22.1 Å². The van der Waals surface area contributed by atoms with E-state index in [1.54, 1.807) is 0 Å². The zero-order chi connectivity index (χ0) is 13.0. The van der Waals surface area contributed by atoms with Gasteiger partial charge < -0.3 is 15.4 Å². The molecule has 2 N–H and O–H groups in total. The summed E-state index contributed by atoms with van der Waals surface area (Å²) in [6.07, 6.45) is 0. The predicted octanol–water partition coefficient (Wildman–Crippen LogP) is 2.22. The molecule has 0 bridgehead atoms. The predicted molar refractivity (Wildman–Crippen MR) is 73.0 cm³/mol. The SMILES string of the molecule is Cc1cc(OCC(CN)N(C)C)cc(C)c1Cl. The monoisotopic (exact) mass is 256 g/mol. The summed E-state index contributed by atoms with van der Waals surface area (Å²) in [6.45, 7) is 5.13. The van der Waals surface area contributed by atoms with E-state index in [1.807, 2.05) is 40.1 Å². The van der Waals surface area contributed by atoms with Crippen molar-refractivity contribution in [2.24, 2.45) is 5.73 Å². The quantitative estimate of drug-likeness (QED) is 0.878. The number of aryl methyl sites for hydroxylation is 2. The molecule has 0 aliphatic rings. The zero-order valence-corrected chi connectivity index (χ0v) is 11.7. The van der Waals surface area contributed by atoms with E-state index < -0.39 is 0 Å². The molecule has 0 amide bonds. The molecule has 1 aromatic rings. The van der Waals surface area contributed by atoms with Gasteiger partial charge in [0.2, 0.25) is 0 Å². The van der Waals surface area contributed by atoms with E-state index in [0.717, 1.165) is 21.9 Å². The average molecular weight is 257 g/mol. The Hall–Kier alpha value is -0.770. The van der Waals surface area contributed by atoms with Crippen molar-refractivity contribution in [1.82, 2.24) is 4.90 Å². The number of likely N-dealkylation sites (N-methyl/N-ethyl adjacent to an activating group) is 1. The lowest BCUT2D eigenvalue weighted by Gasteiger charge is -2.23. The Balaban J connectivity index is 2.69. The first-order chi connectivity index (χ1) is 7.95. The van der Waals surface area contributed by atoms with Crippen molar-refractivity contribution in [2.75, 3.05) is 27.2 Å². The van der Waals surface area contributed by atoms with Gasteiger partial charge in [-0.05, 0) is 51.2 Å². The van der Waals surface area contributed by atoms with Gasteiger partial charge in [0, 0.05) is 11.6 Å². The van der Waals surface area contributed by atoms with Crippen LogP contribution >= 0.6 is 11.6 Å². The number of benzene rings is 1. The minimum absolute atomic E-state index is 0.228. The first kappa shape index (κ1) is 14.3. The van der Waals surface area contributed by atoms with Crippen LogP contribution in [0.5, 0.6) is 5.75 Å². The first-order valence-electron chi connectivity index (χ1n) is 5.71. The highest BCUT2D eigenvalue weighted by Gasteiger charge is 2.10. The highest BCUT2D eigenvalue weighted by molar-refractivity contribution is 6.32. The van der Waals surface area contributed by atoms with Crippen molar-refractivity contribution >= 4 is 11.6 Å². The lowest BCUT2D eigenvalue weighted by atomic mass is 10.1. The van der Waals surface area contributed by atoms with Gasteiger partial charge in [0.05, 0.1) is 6.04 Å². The maximum Gasteiger partial charge on any atom is 0.120 e. The Kier molecular flexibility index (Phi) is 5.25. The molecule has 1 unspecified atom stereocenters. The second kappa shape index (κ2) is 6.24. The number of hydrogen-bond donors (Lipinski definition) is 1. The molecule has 1 atom stereocenters. The maximum atomic E-state index is 6.11. The van der Waals surface area contributed by atoms with E-state index in [1.165, 1.54) is 0 Å². The fourth-order valence-electron chi connectivity index (χ4n) is 1.61. The fourth-order valence-corrected chi connectivity index (χ4v) is 1.72. The maximum absolute atomic E-state index is 6.11. The van der Waals surface area contributed by atoms with E-state index in [2.05, 4.69) is 4.90 Å². The molecule has 1 aromatic carbocycles. The average Bonchev–Trinajstić information content (AvgIpc) is 2.26. The van der Waals surface area contributed by atoms with E-state index in [-0.39, 0.29) is 6.04 Å². The lowest BCUT2D eigenvalue weighted by molar-refractivity contribution is 0.190. The largest absolute Gasteiger partial charge is 0.492 e. The van der Waals surface area contributed by atoms with Gasteiger partial charge in [-0.2, -0.15) is 0 Å². The Morgan fingerprint density at radius 2 is 1.82 bits per heavy atom. The molecule has 0 saturated carbocycles. The minimum Gasteiger partial charge on any atom is -0.492 e. The second-order valence-electron chi connectivity index (χ2n) is 4.54. The summed E-state index contributed by atoms with van der Waals surface area (Å²) >= 11 is 6.11. The van der Waals surface area contributed by atoms with Gasteiger partial charge >= 0.3 is 0 Å². The van der Waals surface area contributed by atoms with Gasteiger partial charge in [-0.25, -0.2) is 0 Å². The molecule has 4 heteroatoms. The van der Waals surface area contributed by atoms with E-state index in [0.29, 0.717) is 13.2 Å². The first-order valence-corrected chi connectivity index (χ1v) is 6.09. The zero-order valence-electron chi connectivity index (χ0n) is 11.0. The van der Waals surface area contributed by atoms with Crippen molar-refractivity contribution in [1.29, 1.82) is 0 Å². The van der Waals surface area contributed by atoms with Gasteiger partial charge in [-0.3, -0.25) is 0 Å². The summed E-state index contributed by atoms with van der Waals surface area (Å²) in [5.41, 5.74) is 7.75.